The number of hydrogen-bond acceptors (Lipinski definition) is 8. The van der Waals surface area contributed by atoms with Gasteiger partial charge in [-0.25, -0.2) is 9.97 Å². The second-order valence-corrected chi connectivity index (χ2v) is 9.27. The number of methoxy groups -OCH3 is 1. The average molecular weight is 477 g/mol. The van der Waals surface area contributed by atoms with Gasteiger partial charge in [0.15, 0.2) is 17.0 Å². The summed E-state index contributed by atoms with van der Waals surface area (Å²) in [5, 5.41) is 3.44. The Morgan fingerprint density at radius 3 is 2.57 bits per heavy atom. The maximum absolute atomic E-state index is 6.14. The Hall–Kier alpha value is -3.08. The van der Waals surface area contributed by atoms with Crippen molar-refractivity contribution < 1.29 is 9.47 Å². The largest absolute Gasteiger partial charge is 0.378 e. The van der Waals surface area contributed by atoms with Gasteiger partial charge in [-0.3, -0.25) is 4.57 Å². The fourth-order valence-electron chi connectivity index (χ4n) is 5.42. The van der Waals surface area contributed by atoms with Crippen LogP contribution in [0.4, 0.5) is 5.82 Å². The summed E-state index contributed by atoms with van der Waals surface area (Å²) in [4.78, 5) is 22.5. The van der Waals surface area contributed by atoms with Crippen LogP contribution in [0.15, 0.2) is 24.3 Å². The van der Waals surface area contributed by atoms with E-state index >= 15 is 0 Å². The molecule has 35 heavy (non-hydrogen) atoms. The van der Waals surface area contributed by atoms with Crippen molar-refractivity contribution in [2.75, 3.05) is 51.4 Å². The summed E-state index contributed by atoms with van der Waals surface area (Å²) in [6, 6.07) is 8.16. The van der Waals surface area contributed by atoms with E-state index in [9.17, 15) is 0 Å². The maximum atomic E-state index is 6.14. The number of aryl methyl sites for hydroxylation is 2. The van der Waals surface area contributed by atoms with E-state index in [0.29, 0.717) is 19.2 Å². The molecule has 5 heterocycles. The molecule has 0 atom stereocenters. The Balaban J connectivity index is 1.61. The van der Waals surface area contributed by atoms with Crippen LogP contribution in [0.3, 0.4) is 0 Å². The predicted molar refractivity (Wildman–Crippen MR) is 134 cm³/mol. The van der Waals surface area contributed by atoms with Crippen molar-refractivity contribution in [3.05, 3.63) is 35.9 Å². The lowest BCUT2D eigenvalue weighted by Crippen LogP contribution is -2.42. The van der Waals surface area contributed by atoms with E-state index in [-0.39, 0.29) is 0 Å². The minimum atomic E-state index is -0.445. The Morgan fingerprint density at radius 1 is 1.06 bits per heavy atom. The second-order valence-electron chi connectivity index (χ2n) is 9.27. The molecular weight excluding hydrogens is 444 g/mol. The number of hydrogen-bond donors (Lipinski definition) is 1. The number of fused-ring (bicyclic) bond motifs is 2. The van der Waals surface area contributed by atoms with Crippen molar-refractivity contribution >= 4 is 28.0 Å². The van der Waals surface area contributed by atoms with Gasteiger partial charge >= 0.3 is 0 Å². The molecule has 10 nitrogen and oxygen atoms in total. The molecule has 2 aliphatic heterocycles. The zero-order valence-corrected chi connectivity index (χ0v) is 20.6. The molecule has 6 rings (SSSR count). The van der Waals surface area contributed by atoms with Crippen molar-refractivity contribution in [3.8, 4) is 5.95 Å². The van der Waals surface area contributed by atoms with Crippen LogP contribution in [-0.2, 0) is 28.5 Å². The first-order valence-electron chi connectivity index (χ1n) is 12.5. The number of nitrogens with one attached hydrogen (secondary N) is 1. The fraction of sp³-hybridized carbons (Fsp3) is 0.520. The van der Waals surface area contributed by atoms with Gasteiger partial charge in [-0.15, -0.1) is 0 Å². The van der Waals surface area contributed by atoms with Crippen LogP contribution in [0.1, 0.15) is 31.4 Å². The third-order valence-corrected chi connectivity index (χ3v) is 7.36. The van der Waals surface area contributed by atoms with E-state index in [4.69, 9.17) is 29.4 Å². The summed E-state index contributed by atoms with van der Waals surface area (Å²) in [5.41, 5.74) is 3.12. The highest BCUT2D eigenvalue weighted by molar-refractivity contribution is 5.86. The van der Waals surface area contributed by atoms with Gasteiger partial charge in [-0.1, -0.05) is 19.1 Å². The lowest BCUT2D eigenvalue weighted by Gasteiger charge is -2.35. The molecule has 10 heteroatoms. The molecule has 4 aromatic rings. The SMILES string of the molecule is CCc1nc2ccccc2n1-c1nc(N2CCOCC2)c2nc(C3(OC)CCNCC3)n(C)c2n1. The molecule has 184 valence electrons. The number of aromatic nitrogens is 6. The molecule has 2 aliphatic rings. The highest BCUT2D eigenvalue weighted by atomic mass is 16.5. The summed E-state index contributed by atoms with van der Waals surface area (Å²) < 4.78 is 16.0. The lowest BCUT2D eigenvalue weighted by molar-refractivity contribution is -0.0477. The van der Waals surface area contributed by atoms with Gasteiger partial charge in [0.1, 0.15) is 17.2 Å². The van der Waals surface area contributed by atoms with Gasteiger partial charge in [0, 0.05) is 33.7 Å². The first-order chi connectivity index (χ1) is 17.1. The van der Waals surface area contributed by atoms with Crippen LogP contribution in [0.25, 0.3) is 28.1 Å². The van der Waals surface area contributed by atoms with Gasteiger partial charge in [0.2, 0.25) is 5.95 Å². The van der Waals surface area contributed by atoms with E-state index in [1.165, 1.54) is 0 Å². The number of anilines is 1. The molecule has 0 aliphatic carbocycles. The Bertz CT molecular complexity index is 1370. The first-order valence-corrected chi connectivity index (χ1v) is 12.5. The monoisotopic (exact) mass is 476 g/mol. The molecule has 3 aromatic heterocycles. The third kappa shape index (κ3) is 3.59. The minimum absolute atomic E-state index is 0.445. The summed E-state index contributed by atoms with van der Waals surface area (Å²) in [5.74, 6) is 3.31. The Kier molecular flexibility index (Phi) is 5.66. The quantitative estimate of drug-likeness (QED) is 0.469. The molecule has 0 spiro atoms. The third-order valence-electron chi connectivity index (χ3n) is 7.36. The molecule has 0 amide bonds. The number of ether oxygens (including phenoxy) is 2. The van der Waals surface area contributed by atoms with Crippen LogP contribution in [0.5, 0.6) is 0 Å². The van der Waals surface area contributed by atoms with Gasteiger partial charge in [0.05, 0.1) is 24.2 Å². The summed E-state index contributed by atoms with van der Waals surface area (Å²) in [6.07, 6.45) is 2.50. The number of nitrogens with zero attached hydrogens (tertiary/aromatic N) is 7. The van der Waals surface area contributed by atoms with E-state index < -0.39 is 5.60 Å². The second kappa shape index (κ2) is 8.85. The standard InChI is InChI=1S/C25H32N8O2/c1-4-19-27-17-7-5-6-8-18(17)33(19)24-29-21-20(22(30-24)32-13-15-35-16-14-32)28-23(31(21)2)25(34-3)9-11-26-12-10-25/h5-8,26H,4,9-16H2,1-3H3. The highest BCUT2D eigenvalue weighted by Crippen LogP contribution is 2.37. The van der Waals surface area contributed by atoms with Crippen molar-refractivity contribution in [1.82, 2.24) is 34.4 Å². The summed E-state index contributed by atoms with van der Waals surface area (Å²) in [7, 11) is 3.83. The van der Waals surface area contributed by atoms with Gasteiger partial charge in [-0.05, 0) is 38.1 Å². The molecule has 0 bridgehead atoms. The van der Waals surface area contributed by atoms with E-state index in [2.05, 4.69) is 32.3 Å². The summed E-state index contributed by atoms with van der Waals surface area (Å²) >= 11 is 0. The van der Waals surface area contributed by atoms with Gasteiger partial charge in [0.25, 0.3) is 0 Å². The predicted octanol–water partition coefficient (Wildman–Crippen LogP) is 2.33. The number of benzene rings is 1. The molecular formula is C25H32N8O2. The molecule has 0 saturated carbocycles. The maximum Gasteiger partial charge on any atom is 0.239 e. The number of piperidine rings is 1. The minimum Gasteiger partial charge on any atom is -0.378 e. The van der Waals surface area contributed by atoms with Crippen molar-refractivity contribution in [1.29, 1.82) is 0 Å². The van der Waals surface area contributed by atoms with Crippen LogP contribution < -0.4 is 10.2 Å². The zero-order chi connectivity index (χ0) is 24.0. The molecule has 1 N–H and O–H groups in total. The average Bonchev–Trinajstić information content (AvgIpc) is 3.47. The van der Waals surface area contributed by atoms with E-state index in [0.717, 1.165) is 85.1 Å². The Labute approximate surface area is 204 Å². The molecule has 0 radical (unpaired) electrons. The molecule has 2 fully saturated rings. The normalized spacial score (nSPS) is 18.5. The van der Waals surface area contributed by atoms with Gasteiger partial charge < -0.3 is 24.3 Å². The Morgan fingerprint density at radius 2 is 1.83 bits per heavy atom. The molecule has 0 unspecified atom stereocenters. The van der Waals surface area contributed by atoms with Crippen molar-refractivity contribution in [2.24, 2.45) is 7.05 Å². The highest BCUT2D eigenvalue weighted by Gasteiger charge is 2.39. The van der Waals surface area contributed by atoms with Crippen molar-refractivity contribution in [2.45, 2.75) is 31.8 Å². The smallest absolute Gasteiger partial charge is 0.239 e. The van der Waals surface area contributed by atoms with Crippen molar-refractivity contribution in [3.63, 3.8) is 0 Å². The molecule has 1 aromatic carbocycles. The number of rotatable bonds is 5. The summed E-state index contributed by atoms with van der Waals surface area (Å²) in [6.45, 7) is 6.77. The number of para-hydroxylation sites is 2. The van der Waals surface area contributed by atoms with Crippen LogP contribution >= 0.6 is 0 Å². The van der Waals surface area contributed by atoms with E-state index in [1.54, 1.807) is 7.11 Å². The van der Waals surface area contributed by atoms with Crippen LogP contribution in [0, 0.1) is 0 Å². The first kappa shape index (κ1) is 22.4. The topological polar surface area (TPSA) is 95.2 Å². The lowest BCUT2D eigenvalue weighted by atomic mass is 9.91. The number of morpholine rings is 1. The van der Waals surface area contributed by atoms with Crippen LogP contribution in [-0.4, -0.2) is 75.6 Å². The van der Waals surface area contributed by atoms with Crippen LogP contribution in [0.2, 0.25) is 0 Å². The fourth-order valence-corrected chi connectivity index (χ4v) is 5.42. The zero-order valence-electron chi connectivity index (χ0n) is 20.6. The van der Waals surface area contributed by atoms with E-state index in [1.807, 2.05) is 25.2 Å². The molecule has 2 saturated heterocycles. The van der Waals surface area contributed by atoms with Gasteiger partial charge in [-0.2, -0.15) is 9.97 Å². The number of imidazole rings is 2.